The van der Waals surface area contributed by atoms with Gasteiger partial charge in [0.25, 0.3) is 0 Å². The quantitative estimate of drug-likeness (QED) is 0.443. The van der Waals surface area contributed by atoms with Crippen molar-refractivity contribution in [3.8, 4) is 0 Å². The maximum atomic E-state index is 9.34. The molecule has 0 saturated carbocycles. The van der Waals surface area contributed by atoms with Crippen molar-refractivity contribution in [2.45, 2.75) is 13.0 Å². The molecule has 60 valence electrons. The van der Waals surface area contributed by atoms with Crippen LogP contribution >= 0.6 is 11.6 Å². The first-order valence-electron chi connectivity index (χ1n) is 2.13. The molecule has 0 spiro atoms. The highest BCUT2D eigenvalue weighted by Gasteiger charge is 1.89. The van der Waals surface area contributed by atoms with Crippen LogP contribution in [0.5, 0.6) is 0 Å². The van der Waals surface area contributed by atoms with Gasteiger partial charge in [-0.05, 0) is 6.92 Å². The standard InChI is InChI=1S/C3H6O3.CHClO2/c1-2(4)3(5)6;2-1(3)4/h2,4H,1H3,(H,5,6);(H,3,4)/p-2. The Bertz CT molecular complexity index is 117. The topological polar surface area (TPSA) is 100 Å². The van der Waals surface area contributed by atoms with Gasteiger partial charge in [-0.25, -0.2) is 0 Å². The molecule has 0 radical (unpaired) electrons. The van der Waals surface area contributed by atoms with E-state index >= 15 is 0 Å². The van der Waals surface area contributed by atoms with Crippen LogP contribution in [0.25, 0.3) is 0 Å². The first-order valence-corrected chi connectivity index (χ1v) is 2.51. The Morgan fingerprint density at radius 1 is 1.50 bits per heavy atom. The van der Waals surface area contributed by atoms with E-state index in [-0.39, 0.29) is 0 Å². The van der Waals surface area contributed by atoms with Crippen LogP contribution in [0.3, 0.4) is 0 Å². The van der Waals surface area contributed by atoms with Crippen LogP contribution in [0, 0.1) is 0 Å². The van der Waals surface area contributed by atoms with E-state index in [2.05, 4.69) is 11.6 Å². The number of aliphatic hydroxyl groups is 1. The largest absolute Gasteiger partial charge is 0.547 e. The molecule has 5 nitrogen and oxygen atoms in total. The lowest BCUT2D eigenvalue weighted by Crippen LogP contribution is -2.32. The Morgan fingerprint density at radius 2 is 1.60 bits per heavy atom. The summed E-state index contributed by atoms with van der Waals surface area (Å²) >= 11 is 4.08. The van der Waals surface area contributed by atoms with Gasteiger partial charge in [0.15, 0.2) is 0 Å². The molecule has 0 saturated heterocycles. The van der Waals surface area contributed by atoms with Gasteiger partial charge in [-0.15, -0.1) is 0 Å². The highest BCUT2D eigenvalue weighted by Crippen LogP contribution is 1.69. The highest BCUT2D eigenvalue weighted by atomic mass is 35.5. The van der Waals surface area contributed by atoms with Crippen LogP contribution < -0.4 is 10.2 Å². The van der Waals surface area contributed by atoms with Gasteiger partial charge in [0.05, 0.1) is 12.1 Å². The van der Waals surface area contributed by atoms with E-state index in [1.54, 1.807) is 0 Å². The zero-order valence-corrected chi connectivity index (χ0v) is 5.79. The SMILES string of the molecule is CC(O)C(=O)[O-].O=C([O-])Cl. The second-order valence-electron chi connectivity index (χ2n) is 1.23. The monoisotopic (exact) mass is 168 g/mol. The molecule has 0 aromatic carbocycles. The number of carboxylic acid groups (broad SMARTS) is 2. The second kappa shape index (κ2) is 6.31. The van der Waals surface area contributed by atoms with Gasteiger partial charge in [0.2, 0.25) is 0 Å². The van der Waals surface area contributed by atoms with Crippen molar-refractivity contribution >= 4 is 23.0 Å². The van der Waals surface area contributed by atoms with E-state index in [1.807, 2.05) is 0 Å². The fourth-order valence-electron chi connectivity index (χ4n) is 0. The summed E-state index contributed by atoms with van der Waals surface area (Å²) in [6.45, 7) is 1.13. The van der Waals surface area contributed by atoms with Crippen LogP contribution in [0.15, 0.2) is 0 Å². The number of aliphatic hydroxyl groups excluding tert-OH is 1. The van der Waals surface area contributed by atoms with Crippen molar-refractivity contribution < 1.29 is 24.9 Å². The Labute approximate surface area is 61.8 Å². The summed E-state index contributed by atoms with van der Waals surface area (Å²) in [5.74, 6) is -1.44. The minimum Gasteiger partial charge on any atom is -0.547 e. The lowest BCUT2D eigenvalue weighted by Gasteiger charge is -2.00. The van der Waals surface area contributed by atoms with Gasteiger partial charge in [-0.2, -0.15) is 0 Å². The van der Waals surface area contributed by atoms with Gasteiger partial charge in [-0.3, -0.25) is 0 Å². The fraction of sp³-hybridized carbons (Fsp3) is 0.500. The van der Waals surface area contributed by atoms with E-state index in [1.165, 1.54) is 0 Å². The number of carbonyl (C=O) groups is 2. The number of carboxylic acids is 1. The summed E-state index contributed by atoms with van der Waals surface area (Å²) in [6.07, 6.45) is -1.34. The van der Waals surface area contributed by atoms with E-state index < -0.39 is 17.5 Å². The van der Waals surface area contributed by atoms with Crippen molar-refractivity contribution in [3.05, 3.63) is 0 Å². The van der Waals surface area contributed by atoms with Gasteiger partial charge in [0, 0.05) is 0 Å². The summed E-state index contributed by atoms with van der Waals surface area (Å²) in [6, 6.07) is 0. The molecule has 1 unspecified atom stereocenters. The molecule has 1 atom stereocenters. The number of hydrogen-bond donors (Lipinski definition) is 1. The third-order valence-corrected chi connectivity index (χ3v) is 0.341. The molecule has 10 heavy (non-hydrogen) atoms. The Morgan fingerprint density at radius 3 is 1.60 bits per heavy atom. The van der Waals surface area contributed by atoms with Crippen molar-refractivity contribution in [3.63, 3.8) is 0 Å². The summed E-state index contributed by atoms with van der Waals surface area (Å²) in [5, 5.41) is 26.0. The predicted molar refractivity (Wildman–Crippen MR) is 27.9 cm³/mol. The lowest BCUT2D eigenvalue weighted by molar-refractivity contribution is -0.314. The van der Waals surface area contributed by atoms with Crippen LogP contribution in [0.1, 0.15) is 6.92 Å². The van der Waals surface area contributed by atoms with Crippen LogP contribution in [0.4, 0.5) is 4.79 Å². The zero-order valence-electron chi connectivity index (χ0n) is 5.04. The molecule has 0 aliphatic rings. The van der Waals surface area contributed by atoms with Crippen molar-refractivity contribution in [2.75, 3.05) is 0 Å². The fourth-order valence-corrected chi connectivity index (χ4v) is 0. The Balaban J connectivity index is 0. The molecular formula is C4H5ClO5-2. The molecular weight excluding hydrogens is 163 g/mol. The molecule has 0 rings (SSSR count). The highest BCUT2D eigenvalue weighted by molar-refractivity contribution is 6.59. The molecule has 0 aromatic rings. The number of hydrogen-bond acceptors (Lipinski definition) is 5. The molecule has 0 aromatic heterocycles. The second-order valence-corrected chi connectivity index (χ2v) is 1.54. The normalized spacial score (nSPS) is 10.7. The van der Waals surface area contributed by atoms with Crippen molar-refractivity contribution in [1.82, 2.24) is 0 Å². The molecule has 1 N–H and O–H groups in total. The first-order chi connectivity index (χ1) is 4.37. The smallest absolute Gasteiger partial charge is 0.134 e. The maximum absolute atomic E-state index is 9.34. The Hall–Kier alpha value is -0.810. The maximum Gasteiger partial charge on any atom is 0.134 e. The van der Waals surface area contributed by atoms with Crippen molar-refractivity contribution in [1.29, 1.82) is 0 Å². The number of carbonyl (C=O) groups excluding carboxylic acids is 2. The third-order valence-electron chi connectivity index (χ3n) is 0.341. The summed E-state index contributed by atoms with van der Waals surface area (Å²) in [4.78, 5) is 18.0. The predicted octanol–water partition coefficient (Wildman–Crippen LogP) is -2.31. The minimum absolute atomic E-state index is 1.13. The van der Waals surface area contributed by atoms with Crippen LogP contribution in [-0.4, -0.2) is 22.6 Å². The van der Waals surface area contributed by atoms with E-state index in [4.69, 9.17) is 15.0 Å². The van der Waals surface area contributed by atoms with Gasteiger partial charge in [-0.1, -0.05) is 11.6 Å². The van der Waals surface area contributed by atoms with Crippen LogP contribution in [0.2, 0.25) is 0 Å². The summed E-state index contributed by atoms with van der Waals surface area (Å²) in [5.41, 5.74) is -1.61. The molecule has 0 fully saturated rings. The molecule has 0 heterocycles. The van der Waals surface area contributed by atoms with Crippen LogP contribution in [-0.2, 0) is 4.79 Å². The molecule has 0 aliphatic carbocycles. The van der Waals surface area contributed by atoms with E-state index in [9.17, 15) is 9.90 Å². The molecule has 0 amide bonds. The Kier molecular flexibility index (Phi) is 7.53. The van der Waals surface area contributed by atoms with Gasteiger partial charge in [0.1, 0.15) is 5.43 Å². The minimum atomic E-state index is -1.61. The molecule has 6 heteroatoms. The van der Waals surface area contributed by atoms with E-state index in [0.717, 1.165) is 6.92 Å². The molecule has 0 aliphatic heterocycles. The van der Waals surface area contributed by atoms with Gasteiger partial charge < -0.3 is 24.9 Å². The number of aliphatic carboxylic acids is 1. The first kappa shape index (κ1) is 11.9. The average Bonchev–Trinajstić information content (AvgIpc) is 1.63. The summed E-state index contributed by atoms with van der Waals surface area (Å²) < 4.78 is 0. The lowest BCUT2D eigenvalue weighted by atomic mass is 10.4. The van der Waals surface area contributed by atoms with Crippen molar-refractivity contribution in [2.24, 2.45) is 0 Å². The number of halogens is 1. The molecule has 0 bridgehead atoms. The van der Waals surface area contributed by atoms with E-state index in [0.29, 0.717) is 0 Å². The summed E-state index contributed by atoms with van der Waals surface area (Å²) in [7, 11) is 0. The number of rotatable bonds is 1. The third kappa shape index (κ3) is 27.1. The zero-order chi connectivity index (χ0) is 8.73. The van der Waals surface area contributed by atoms with Gasteiger partial charge >= 0.3 is 0 Å². The average molecular weight is 169 g/mol.